The molecule has 3 nitrogen and oxygen atoms in total. The lowest BCUT2D eigenvalue weighted by Crippen LogP contribution is -2.49. The normalized spacial score (nSPS) is 21.2. The number of hydrogen-bond acceptors (Lipinski definition) is 3. The van der Waals surface area contributed by atoms with Gasteiger partial charge in [-0.05, 0) is 44.6 Å². The van der Waals surface area contributed by atoms with Crippen molar-refractivity contribution in [1.82, 2.24) is 15.1 Å². The number of likely N-dealkylation sites (N-methyl/N-ethyl adjacent to an activating group) is 2. The van der Waals surface area contributed by atoms with Crippen molar-refractivity contribution >= 4 is 0 Å². The van der Waals surface area contributed by atoms with Gasteiger partial charge in [0.15, 0.2) is 0 Å². The highest BCUT2D eigenvalue weighted by Gasteiger charge is 2.21. The predicted octanol–water partition coefficient (Wildman–Crippen LogP) is 1.97. The number of benzene rings is 1. The largest absolute Gasteiger partial charge is 0.317 e. The van der Waals surface area contributed by atoms with E-state index >= 15 is 0 Å². The Morgan fingerprint density at radius 2 is 1.95 bits per heavy atom. The Labute approximate surface area is 124 Å². The summed E-state index contributed by atoms with van der Waals surface area (Å²) in [4.78, 5) is 5.05. The van der Waals surface area contributed by atoms with Crippen molar-refractivity contribution in [3.8, 4) is 0 Å². The van der Waals surface area contributed by atoms with Crippen LogP contribution in [-0.2, 0) is 13.0 Å². The van der Waals surface area contributed by atoms with Crippen LogP contribution in [-0.4, -0.2) is 55.6 Å². The van der Waals surface area contributed by atoms with Crippen LogP contribution < -0.4 is 5.32 Å². The zero-order chi connectivity index (χ0) is 14.4. The number of rotatable bonds is 6. The topological polar surface area (TPSA) is 18.5 Å². The lowest BCUT2D eigenvalue weighted by molar-refractivity contribution is 0.0936. The van der Waals surface area contributed by atoms with Gasteiger partial charge in [-0.2, -0.15) is 0 Å². The summed E-state index contributed by atoms with van der Waals surface area (Å²) in [6, 6.07) is 9.57. The molecular formula is C17H29N3. The van der Waals surface area contributed by atoms with E-state index in [-0.39, 0.29) is 0 Å². The first-order chi connectivity index (χ1) is 9.70. The third-order valence-electron chi connectivity index (χ3n) is 4.28. The lowest BCUT2D eigenvalue weighted by atomic mass is 10.0. The summed E-state index contributed by atoms with van der Waals surface area (Å²) in [5, 5.41) is 3.42. The van der Waals surface area contributed by atoms with Crippen LogP contribution >= 0.6 is 0 Å². The van der Waals surface area contributed by atoms with Crippen molar-refractivity contribution in [2.24, 2.45) is 0 Å². The molecule has 1 saturated heterocycles. The van der Waals surface area contributed by atoms with Gasteiger partial charge in [0.1, 0.15) is 0 Å². The fourth-order valence-electron chi connectivity index (χ4n) is 2.99. The standard InChI is InChI=1S/C17H29N3/c1-4-18-10-9-16-7-5-6-8-17(16)14-20-12-11-19(3)13-15(20)2/h5-8,15,18H,4,9-14H2,1-3H3. The molecule has 1 fully saturated rings. The Morgan fingerprint density at radius 3 is 2.65 bits per heavy atom. The SMILES string of the molecule is CCNCCc1ccccc1CN1CCN(C)CC1C. The molecule has 2 rings (SSSR count). The molecule has 0 aromatic heterocycles. The van der Waals surface area contributed by atoms with Crippen LogP contribution in [0.1, 0.15) is 25.0 Å². The summed E-state index contributed by atoms with van der Waals surface area (Å²) < 4.78 is 0. The molecule has 3 heteroatoms. The minimum absolute atomic E-state index is 0.649. The van der Waals surface area contributed by atoms with Crippen LogP contribution in [0.25, 0.3) is 0 Å². The maximum Gasteiger partial charge on any atom is 0.0240 e. The van der Waals surface area contributed by atoms with Gasteiger partial charge >= 0.3 is 0 Å². The second kappa shape index (κ2) is 7.77. The van der Waals surface area contributed by atoms with Crippen LogP contribution in [0.5, 0.6) is 0 Å². The first kappa shape index (κ1) is 15.5. The van der Waals surface area contributed by atoms with E-state index in [1.807, 2.05) is 0 Å². The summed E-state index contributed by atoms with van der Waals surface area (Å²) in [5.74, 6) is 0. The molecular weight excluding hydrogens is 246 g/mol. The smallest absolute Gasteiger partial charge is 0.0240 e. The second-order valence-corrected chi connectivity index (χ2v) is 5.95. The van der Waals surface area contributed by atoms with Crippen LogP contribution in [0.3, 0.4) is 0 Å². The minimum atomic E-state index is 0.649. The van der Waals surface area contributed by atoms with Gasteiger partial charge in [-0.1, -0.05) is 31.2 Å². The van der Waals surface area contributed by atoms with Crippen LogP contribution in [0, 0.1) is 0 Å². The Kier molecular flexibility index (Phi) is 6.02. The average molecular weight is 275 g/mol. The number of piperazine rings is 1. The number of nitrogens with zero attached hydrogens (tertiary/aromatic N) is 2. The minimum Gasteiger partial charge on any atom is -0.317 e. The van der Waals surface area contributed by atoms with Crippen molar-refractivity contribution in [2.45, 2.75) is 32.9 Å². The molecule has 1 aliphatic rings. The third kappa shape index (κ3) is 4.30. The Morgan fingerprint density at radius 1 is 1.20 bits per heavy atom. The van der Waals surface area contributed by atoms with Crippen LogP contribution in [0.15, 0.2) is 24.3 Å². The number of nitrogens with one attached hydrogen (secondary N) is 1. The van der Waals surface area contributed by atoms with Gasteiger partial charge in [-0.15, -0.1) is 0 Å². The Balaban J connectivity index is 1.97. The van der Waals surface area contributed by atoms with E-state index in [9.17, 15) is 0 Å². The van der Waals surface area contributed by atoms with Crippen LogP contribution in [0.4, 0.5) is 0 Å². The van der Waals surface area contributed by atoms with Gasteiger partial charge in [0, 0.05) is 32.2 Å². The van der Waals surface area contributed by atoms with E-state index in [2.05, 4.69) is 60.3 Å². The molecule has 1 atom stereocenters. The maximum atomic E-state index is 3.42. The van der Waals surface area contributed by atoms with Crippen molar-refractivity contribution in [3.63, 3.8) is 0 Å². The Hall–Kier alpha value is -0.900. The maximum absolute atomic E-state index is 3.42. The predicted molar refractivity (Wildman–Crippen MR) is 86.1 cm³/mol. The molecule has 0 bridgehead atoms. The second-order valence-electron chi connectivity index (χ2n) is 5.95. The molecule has 112 valence electrons. The van der Waals surface area contributed by atoms with Gasteiger partial charge in [-0.3, -0.25) is 4.90 Å². The average Bonchev–Trinajstić information content (AvgIpc) is 2.44. The summed E-state index contributed by atoms with van der Waals surface area (Å²) in [7, 11) is 2.22. The van der Waals surface area contributed by atoms with Crippen molar-refractivity contribution in [2.75, 3.05) is 39.8 Å². The molecule has 0 radical (unpaired) electrons. The molecule has 1 heterocycles. The highest BCUT2D eigenvalue weighted by molar-refractivity contribution is 5.27. The van der Waals surface area contributed by atoms with Gasteiger partial charge in [0.25, 0.3) is 0 Å². The molecule has 1 aliphatic heterocycles. The van der Waals surface area contributed by atoms with E-state index in [1.165, 1.54) is 30.8 Å². The Bertz CT molecular complexity index is 405. The molecule has 1 aromatic carbocycles. The first-order valence-electron chi connectivity index (χ1n) is 7.90. The molecule has 20 heavy (non-hydrogen) atoms. The fourth-order valence-corrected chi connectivity index (χ4v) is 2.99. The molecule has 0 saturated carbocycles. The summed E-state index contributed by atoms with van der Waals surface area (Å²) in [6.07, 6.45) is 1.13. The van der Waals surface area contributed by atoms with Crippen molar-refractivity contribution < 1.29 is 0 Å². The van der Waals surface area contributed by atoms with E-state index < -0.39 is 0 Å². The molecule has 0 amide bonds. The summed E-state index contributed by atoms with van der Waals surface area (Å²) in [5.41, 5.74) is 3.00. The molecule has 0 aliphatic carbocycles. The van der Waals surface area contributed by atoms with E-state index in [0.717, 1.165) is 26.1 Å². The summed E-state index contributed by atoms with van der Waals surface area (Å²) >= 11 is 0. The molecule has 1 aromatic rings. The van der Waals surface area contributed by atoms with Gasteiger partial charge in [-0.25, -0.2) is 0 Å². The number of hydrogen-bond donors (Lipinski definition) is 1. The van der Waals surface area contributed by atoms with E-state index in [0.29, 0.717) is 6.04 Å². The van der Waals surface area contributed by atoms with E-state index in [4.69, 9.17) is 0 Å². The summed E-state index contributed by atoms with van der Waals surface area (Å²) in [6.45, 7) is 11.3. The van der Waals surface area contributed by atoms with Crippen molar-refractivity contribution in [3.05, 3.63) is 35.4 Å². The lowest BCUT2D eigenvalue weighted by Gasteiger charge is -2.38. The molecule has 0 spiro atoms. The quantitative estimate of drug-likeness (QED) is 0.801. The zero-order valence-electron chi connectivity index (χ0n) is 13.2. The fraction of sp³-hybridized carbons (Fsp3) is 0.647. The van der Waals surface area contributed by atoms with Crippen molar-refractivity contribution in [1.29, 1.82) is 0 Å². The first-order valence-corrected chi connectivity index (χ1v) is 7.90. The van der Waals surface area contributed by atoms with Gasteiger partial charge in [0.05, 0.1) is 0 Å². The molecule has 1 unspecified atom stereocenters. The molecule has 1 N–H and O–H groups in total. The van der Waals surface area contributed by atoms with Gasteiger partial charge < -0.3 is 10.2 Å². The van der Waals surface area contributed by atoms with Crippen LogP contribution in [0.2, 0.25) is 0 Å². The van der Waals surface area contributed by atoms with Gasteiger partial charge in [0.2, 0.25) is 0 Å². The third-order valence-corrected chi connectivity index (χ3v) is 4.28. The van der Waals surface area contributed by atoms with E-state index in [1.54, 1.807) is 0 Å². The zero-order valence-corrected chi connectivity index (χ0v) is 13.2. The highest BCUT2D eigenvalue weighted by Crippen LogP contribution is 2.16. The monoisotopic (exact) mass is 275 g/mol. The highest BCUT2D eigenvalue weighted by atomic mass is 15.3.